The Balaban J connectivity index is 7.09. The monoisotopic (exact) mass is 1270 g/mol. The van der Waals surface area contributed by atoms with Gasteiger partial charge >= 0.3 is 5.97 Å². The zero-order valence-corrected chi connectivity index (χ0v) is 50.4. The summed E-state index contributed by atoms with van der Waals surface area (Å²) in [7, 11) is 0. The van der Waals surface area contributed by atoms with E-state index in [1.54, 1.807) is 0 Å². The number of hydrogen-bond donors (Lipinski definition) is 24. The molecule has 38 N–H and O–H groups in total. The molecule has 0 rings (SSSR count). The molecule has 39 heteroatoms. The molecular weight excluding hydrogens is 1170 g/mol. The summed E-state index contributed by atoms with van der Waals surface area (Å²) < 4.78 is 0. The Morgan fingerprint density at radius 1 is 0.315 bits per heavy atom. The maximum atomic E-state index is 14.4. The first-order valence-electron chi connectivity index (χ1n) is 29.0. The number of unbranched alkanes of at least 4 members (excludes halogenated alkanes) is 2. The fourth-order valence-corrected chi connectivity index (χ4v) is 8.19. The zero-order chi connectivity index (χ0) is 67.4. The first-order valence-corrected chi connectivity index (χ1v) is 29.0. The van der Waals surface area contributed by atoms with Crippen molar-refractivity contribution in [3.8, 4) is 0 Å². The molecule has 0 saturated heterocycles. The van der Waals surface area contributed by atoms with Gasteiger partial charge in [0.05, 0.1) is 12.6 Å². The van der Waals surface area contributed by atoms with Gasteiger partial charge in [0.1, 0.15) is 48.3 Å². The van der Waals surface area contributed by atoms with Crippen LogP contribution in [-0.4, -0.2) is 206 Å². The Bertz CT molecular complexity index is 2390. The van der Waals surface area contributed by atoms with Gasteiger partial charge in [-0.2, -0.15) is 0 Å². The number of nitrogens with zero attached hydrogens (tertiary/aromatic N) is 5. The van der Waals surface area contributed by atoms with Crippen LogP contribution < -0.4 is 123 Å². The molecule has 0 aliphatic carbocycles. The van der Waals surface area contributed by atoms with E-state index in [-0.39, 0.29) is 146 Å². The lowest BCUT2D eigenvalue weighted by Crippen LogP contribution is -2.61. The minimum Gasteiger partial charge on any atom is -0.480 e. The van der Waals surface area contributed by atoms with Crippen LogP contribution in [-0.2, 0) is 47.9 Å². The van der Waals surface area contributed by atoms with E-state index in [0.29, 0.717) is 32.1 Å². The lowest BCUT2D eigenvalue weighted by molar-refractivity contribution is -0.142. The van der Waals surface area contributed by atoms with Gasteiger partial charge in [0.2, 0.25) is 53.2 Å². The number of carboxylic acids is 1. The SMILES string of the molecule is NCCCC[C@H](NC(=O)[C@H](N)CCCN=C(N)N)C(=O)N[C@@H](CCCCN)C(=O)N[C@@H](CO)C(=O)N[C@H](CCCN=C(N)N)C(=O)N[C@@H](CCC(N)=O)C(=O)N[C@@H](CCCN=C(N)N)C(=O)N[C@@H](CCCN=C(N)N)C(=O)N[C@H](CCCN=C(N)N)C(=O)O. The summed E-state index contributed by atoms with van der Waals surface area (Å²) in [6.07, 6.45) is 0.563. The number of rotatable bonds is 49. The van der Waals surface area contributed by atoms with Gasteiger partial charge in [0.15, 0.2) is 29.8 Å². The Morgan fingerprint density at radius 3 is 0.820 bits per heavy atom. The van der Waals surface area contributed by atoms with Crippen LogP contribution in [0.2, 0.25) is 0 Å². The highest BCUT2D eigenvalue weighted by molar-refractivity contribution is 5.98. The van der Waals surface area contributed by atoms with Crippen LogP contribution in [0.4, 0.5) is 0 Å². The standard InChI is InChI=1S/C50H99N27O12/c51-19-3-1-11-28(70-37(80)27(53)10-5-21-65-46(55)56)38(81)71-29(12-2-4-20-52)42(85)77-35(26-78)44(87)74-31(14-7-23-67-48(59)60)40(83)75-33(17-18-36(54)79)43(86)73-30(13-6-22-66-47(57)58)39(82)72-32(15-8-24-68-49(61)62)41(84)76-34(45(88)89)16-9-25-69-50(63)64/h27-35,78H,1-26,51-53H2,(H2,54,79)(H,70,80)(H,71,81)(H,72,82)(H,73,86)(H,74,87)(H,75,83)(H,76,84)(H,77,85)(H,88,89)(H4,55,56,65)(H4,57,58,66)(H4,59,60,67)(H4,61,62,68)(H4,63,64,69)/t27-,28+,29+,30+,31-,32+,33+,34-,35+/m1/s1. The second-order valence-electron chi connectivity index (χ2n) is 20.4. The highest BCUT2D eigenvalue weighted by atomic mass is 16.4. The van der Waals surface area contributed by atoms with Crippen molar-refractivity contribution in [2.24, 2.45) is 105 Å². The predicted molar refractivity (Wildman–Crippen MR) is 332 cm³/mol. The summed E-state index contributed by atoms with van der Waals surface area (Å²) in [6, 6.07) is -13.2. The van der Waals surface area contributed by atoms with E-state index in [9.17, 15) is 58.2 Å². The normalized spacial score (nSPS) is 13.8. The number of guanidine groups is 5. The van der Waals surface area contributed by atoms with Crippen molar-refractivity contribution >= 4 is 88.9 Å². The molecule has 0 saturated carbocycles. The summed E-state index contributed by atoms with van der Waals surface area (Å²) in [5.74, 6) is -11.2. The maximum absolute atomic E-state index is 14.4. The Kier molecular flexibility index (Phi) is 41.4. The Morgan fingerprint density at radius 2 is 0.551 bits per heavy atom. The van der Waals surface area contributed by atoms with Gasteiger partial charge < -0.3 is 133 Å². The highest BCUT2D eigenvalue weighted by Gasteiger charge is 2.35. The lowest BCUT2D eigenvalue weighted by atomic mass is 10.0. The third-order valence-electron chi connectivity index (χ3n) is 12.9. The highest BCUT2D eigenvalue weighted by Crippen LogP contribution is 2.11. The van der Waals surface area contributed by atoms with Crippen molar-refractivity contribution in [3.63, 3.8) is 0 Å². The van der Waals surface area contributed by atoms with Crippen LogP contribution in [0.3, 0.4) is 0 Å². The molecule has 0 radical (unpaired) electrons. The Labute approximate surface area is 515 Å². The number of aliphatic carboxylic acids is 1. The van der Waals surface area contributed by atoms with Crippen LogP contribution in [0.5, 0.6) is 0 Å². The number of carbonyl (C=O) groups excluding carboxylic acids is 9. The topological polar surface area (TPSA) is 733 Å². The Hall–Kier alpha value is -9.11. The molecule has 0 aliphatic rings. The minimum atomic E-state index is -1.79. The van der Waals surface area contributed by atoms with E-state index in [4.69, 9.17) is 80.3 Å². The molecule has 0 unspecified atom stereocenters. The molecule has 0 spiro atoms. The van der Waals surface area contributed by atoms with Crippen molar-refractivity contribution in [1.29, 1.82) is 0 Å². The minimum absolute atomic E-state index is 0.00438. The second kappa shape index (κ2) is 46.1. The molecule has 9 atom stereocenters. The number of nitrogens with one attached hydrogen (secondary N) is 8. The molecule has 0 aliphatic heterocycles. The van der Waals surface area contributed by atoms with Gasteiger partial charge in [0, 0.05) is 39.1 Å². The largest absolute Gasteiger partial charge is 0.480 e. The second-order valence-corrected chi connectivity index (χ2v) is 20.4. The number of carboxylic acid groups (broad SMARTS) is 1. The number of carbonyl (C=O) groups is 10. The molecule has 89 heavy (non-hydrogen) atoms. The summed E-state index contributed by atoms with van der Waals surface area (Å²) in [5, 5.41) is 40.4. The average Bonchev–Trinajstić information content (AvgIpc) is 2.06. The smallest absolute Gasteiger partial charge is 0.326 e. The van der Waals surface area contributed by atoms with Crippen LogP contribution in [0.25, 0.3) is 0 Å². The quantitative estimate of drug-likeness (QED) is 0.0153. The summed E-state index contributed by atoms with van der Waals surface area (Å²) in [5.41, 5.74) is 77.4. The van der Waals surface area contributed by atoms with Crippen LogP contribution >= 0.6 is 0 Å². The van der Waals surface area contributed by atoms with Crippen molar-refractivity contribution in [1.82, 2.24) is 42.5 Å². The van der Waals surface area contributed by atoms with Gasteiger partial charge in [-0.15, -0.1) is 0 Å². The van der Waals surface area contributed by atoms with E-state index in [2.05, 4.69) is 67.5 Å². The van der Waals surface area contributed by atoms with Crippen molar-refractivity contribution in [3.05, 3.63) is 0 Å². The number of aliphatic imine (C=N–C) groups is 5. The molecule has 0 bridgehead atoms. The van der Waals surface area contributed by atoms with Crippen LogP contribution in [0, 0.1) is 0 Å². The van der Waals surface area contributed by atoms with Gasteiger partial charge in [0.25, 0.3) is 0 Å². The fraction of sp³-hybridized carbons (Fsp3) is 0.700. The lowest BCUT2D eigenvalue weighted by Gasteiger charge is -2.28. The number of hydrogen-bond acceptors (Lipinski definition) is 19. The van der Waals surface area contributed by atoms with Crippen molar-refractivity contribution in [2.75, 3.05) is 52.4 Å². The van der Waals surface area contributed by atoms with Gasteiger partial charge in [-0.05, 0) is 122 Å². The molecule has 506 valence electrons. The first-order chi connectivity index (χ1) is 42.1. The number of aliphatic hydroxyl groups excluding tert-OH is 1. The molecule has 0 fully saturated rings. The van der Waals surface area contributed by atoms with Crippen molar-refractivity contribution < 1.29 is 58.2 Å². The maximum Gasteiger partial charge on any atom is 0.326 e. The van der Waals surface area contributed by atoms with Crippen molar-refractivity contribution in [2.45, 2.75) is 170 Å². The van der Waals surface area contributed by atoms with Gasteiger partial charge in [-0.25, -0.2) is 4.79 Å². The molecule has 0 aromatic carbocycles. The predicted octanol–water partition coefficient (Wildman–Crippen LogP) is -10.9. The van der Waals surface area contributed by atoms with E-state index in [1.807, 2.05) is 0 Å². The van der Waals surface area contributed by atoms with Gasteiger partial charge in [-0.3, -0.25) is 68.1 Å². The van der Waals surface area contributed by atoms with E-state index in [1.165, 1.54) is 0 Å². The number of primary amides is 1. The average molecular weight is 1270 g/mol. The molecule has 9 amide bonds. The van der Waals surface area contributed by atoms with E-state index < -0.39 is 133 Å². The number of aliphatic hydroxyl groups is 1. The number of amides is 9. The van der Waals surface area contributed by atoms with E-state index in [0.717, 1.165) is 0 Å². The molecule has 0 aromatic heterocycles. The third kappa shape index (κ3) is 37.9. The third-order valence-corrected chi connectivity index (χ3v) is 12.9. The first kappa shape index (κ1) is 79.9. The molecule has 0 aromatic rings. The zero-order valence-electron chi connectivity index (χ0n) is 50.4. The molecule has 39 nitrogen and oxygen atoms in total. The summed E-state index contributed by atoms with van der Waals surface area (Å²) in [4.78, 5) is 156. The van der Waals surface area contributed by atoms with Crippen LogP contribution in [0.1, 0.15) is 116 Å². The van der Waals surface area contributed by atoms with E-state index >= 15 is 0 Å². The van der Waals surface area contributed by atoms with Crippen LogP contribution in [0.15, 0.2) is 25.0 Å². The molecule has 0 heterocycles. The molecular formula is C50H99N27O12. The van der Waals surface area contributed by atoms with Gasteiger partial charge in [-0.1, -0.05) is 0 Å². The number of nitrogens with two attached hydrogens (primary N) is 14. The fourth-order valence-electron chi connectivity index (χ4n) is 8.19. The summed E-state index contributed by atoms with van der Waals surface area (Å²) in [6.45, 7) is -0.506. The summed E-state index contributed by atoms with van der Waals surface area (Å²) >= 11 is 0.